The van der Waals surface area contributed by atoms with E-state index in [1.807, 2.05) is 54.8 Å². The molecule has 2 aromatic carbocycles. The molecule has 0 spiro atoms. The smallest absolute Gasteiger partial charge is 0.194 e. The zero-order valence-corrected chi connectivity index (χ0v) is 11.2. The zero-order chi connectivity index (χ0) is 13.0. The number of rotatable bonds is 4. The van der Waals surface area contributed by atoms with Gasteiger partial charge < -0.3 is 4.74 Å². The molecule has 0 amide bonds. The fourth-order valence-corrected chi connectivity index (χ4v) is 2.35. The van der Waals surface area contributed by atoms with E-state index in [-0.39, 0.29) is 5.78 Å². The average molecular weight is 258 g/mol. The molecule has 3 heteroatoms. The van der Waals surface area contributed by atoms with Gasteiger partial charge in [0, 0.05) is 16.0 Å². The molecule has 2 aromatic rings. The van der Waals surface area contributed by atoms with Gasteiger partial charge >= 0.3 is 0 Å². The highest BCUT2D eigenvalue weighted by Gasteiger charge is 2.13. The monoisotopic (exact) mass is 258 g/mol. The van der Waals surface area contributed by atoms with Crippen molar-refractivity contribution < 1.29 is 9.53 Å². The van der Waals surface area contributed by atoms with E-state index in [1.54, 1.807) is 18.9 Å². The second kappa shape index (κ2) is 5.74. The Kier molecular flexibility index (Phi) is 4.05. The van der Waals surface area contributed by atoms with E-state index in [0.717, 1.165) is 16.2 Å². The Bertz CT molecular complexity index is 550. The highest BCUT2D eigenvalue weighted by molar-refractivity contribution is 7.98. The van der Waals surface area contributed by atoms with Gasteiger partial charge in [0.25, 0.3) is 0 Å². The first-order valence-electron chi connectivity index (χ1n) is 5.58. The fourth-order valence-electron chi connectivity index (χ4n) is 1.73. The third-order valence-corrected chi connectivity index (χ3v) is 3.47. The normalized spacial score (nSPS) is 10.1. The number of methoxy groups -OCH3 is 1. The molecule has 2 nitrogen and oxygen atoms in total. The maximum Gasteiger partial charge on any atom is 0.194 e. The van der Waals surface area contributed by atoms with Crippen LogP contribution in [0, 0.1) is 0 Å². The maximum atomic E-state index is 12.4. The minimum Gasteiger partial charge on any atom is -0.497 e. The van der Waals surface area contributed by atoms with E-state index in [1.165, 1.54) is 0 Å². The van der Waals surface area contributed by atoms with Gasteiger partial charge in [-0.1, -0.05) is 30.3 Å². The summed E-state index contributed by atoms with van der Waals surface area (Å²) in [5.74, 6) is 0.812. The van der Waals surface area contributed by atoms with E-state index in [9.17, 15) is 4.79 Å². The van der Waals surface area contributed by atoms with E-state index in [4.69, 9.17) is 4.74 Å². The minimum absolute atomic E-state index is 0.0441. The van der Waals surface area contributed by atoms with Crippen LogP contribution in [-0.2, 0) is 0 Å². The molecule has 0 unspecified atom stereocenters. The van der Waals surface area contributed by atoms with Gasteiger partial charge in [-0.25, -0.2) is 0 Å². The Morgan fingerprint density at radius 2 is 1.83 bits per heavy atom. The summed E-state index contributed by atoms with van der Waals surface area (Å²) in [6.45, 7) is 0. The van der Waals surface area contributed by atoms with Crippen LogP contribution in [0.25, 0.3) is 0 Å². The van der Waals surface area contributed by atoms with E-state index < -0.39 is 0 Å². The number of carbonyl (C=O) groups excluding carboxylic acids is 1. The van der Waals surface area contributed by atoms with Crippen LogP contribution in [0.4, 0.5) is 0 Å². The molecule has 92 valence electrons. The summed E-state index contributed by atoms with van der Waals surface area (Å²) in [7, 11) is 1.62. The van der Waals surface area contributed by atoms with Crippen LogP contribution < -0.4 is 4.74 Å². The average Bonchev–Trinajstić information content (AvgIpc) is 2.46. The van der Waals surface area contributed by atoms with Crippen molar-refractivity contribution in [2.45, 2.75) is 4.90 Å². The molecule has 0 saturated carbocycles. The van der Waals surface area contributed by atoms with Crippen LogP contribution in [0.5, 0.6) is 5.75 Å². The van der Waals surface area contributed by atoms with E-state index >= 15 is 0 Å². The van der Waals surface area contributed by atoms with Crippen LogP contribution in [0.1, 0.15) is 15.9 Å². The second-order valence-electron chi connectivity index (χ2n) is 3.76. The number of hydrogen-bond donors (Lipinski definition) is 0. The van der Waals surface area contributed by atoms with Gasteiger partial charge in [-0.3, -0.25) is 4.79 Å². The van der Waals surface area contributed by atoms with Gasteiger partial charge in [-0.05, 0) is 24.5 Å². The van der Waals surface area contributed by atoms with Crippen molar-refractivity contribution >= 4 is 17.5 Å². The van der Waals surface area contributed by atoms with Crippen molar-refractivity contribution in [2.75, 3.05) is 13.4 Å². The Hall–Kier alpha value is -1.74. The quantitative estimate of drug-likeness (QED) is 0.618. The molecule has 0 saturated heterocycles. The maximum absolute atomic E-state index is 12.4. The molecule has 0 atom stereocenters. The third kappa shape index (κ3) is 2.57. The number of benzene rings is 2. The molecule has 0 N–H and O–H groups in total. The first kappa shape index (κ1) is 12.7. The number of thioether (sulfide) groups is 1. The van der Waals surface area contributed by atoms with Crippen LogP contribution in [0.2, 0.25) is 0 Å². The van der Waals surface area contributed by atoms with Crippen molar-refractivity contribution in [3.63, 3.8) is 0 Å². The number of ketones is 1. The van der Waals surface area contributed by atoms with Crippen molar-refractivity contribution in [3.05, 3.63) is 59.7 Å². The summed E-state index contributed by atoms with van der Waals surface area (Å²) >= 11 is 1.55. The highest BCUT2D eigenvalue weighted by atomic mass is 32.2. The van der Waals surface area contributed by atoms with Crippen LogP contribution in [-0.4, -0.2) is 19.1 Å². The van der Waals surface area contributed by atoms with Crippen LogP contribution in [0.15, 0.2) is 53.4 Å². The summed E-state index contributed by atoms with van der Waals surface area (Å²) in [5, 5.41) is 0. The van der Waals surface area contributed by atoms with Crippen molar-refractivity contribution in [3.8, 4) is 5.75 Å². The van der Waals surface area contributed by atoms with E-state index in [0.29, 0.717) is 5.56 Å². The van der Waals surface area contributed by atoms with Gasteiger partial charge in [0.15, 0.2) is 5.78 Å². The topological polar surface area (TPSA) is 26.3 Å². The molecule has 0 aromatic heterocycles. The van der Waals surface area contributed by atoms with Gasteiger partial charge in [0.05, 0.1) is 7.11 Å². The van der Waals surface area contributed by atoms with Crippen LogP contribution >= 0.6 is 11.8 Å². The number of carbonyl (C=O) groups is 1. The minimum atomic E-state index is 0.0441. The first-order valence-corrected chi connectivity index (χ1v) is 6.80. The highest BCUT2D eigenvalue weighted by Crippen LogP contribution is 2.27. The van der Waals surface area contributed by atoms with E-state index in [2.05, 4.69) is 0 Å². The van der Waals surface area contributed by atoms with Gasteiger partial charge in [-0.2, -0.15) is 0 Å². The van der Waals surface area contributed by atoms with Crippen molar-refractivity contribution in [1.29, 1.82) is 0 Å². The molecule has 0 aliphatic rings. The molecule has 0 heterocycles. The Morgan fingerprint density at radius 3 is 2.44 bits per heavy atom. The second-order valence-corrected chi connectivity index (χ2v) is 4.61. The van der Waals surface area contributed by atoms with Gasteiger partial charge in [0.2, 0.25) is 0 Å². The largest absolute Gasteiger partial charge is 0.497 e. The molecular formula is C15H14O2S. The predicted octanol–water partition coefficient (Wildman–Crippen LogP) is 3.65. The molecule has 0 fully saturated rings. The van der Waals surface area contributed by atoms with Crippen molar-refractivity contribution in [1.82, 2.24) is 0 Å². The molecule has 0 radical (unpaired) electrons. The number of hydrogen-bond acceptors (Lipinski definition) is 3. The fraction of sp³-hybridized carbons (Fsp3) is 0.133. The summed E-state index contributed by atoms with van der Waals surface area (Å²) in [5.41, 5.74) is 1.42. The molecule has 0 aliphatic carbocycles. The van der Waals surface area contributed by atoms with Crippen LogP contribution in [0.3, 0.4) is 0 Å². The Morgan fingerprint density at radius 1 is 1.11 bits per heavy atom. The Labute approximate surface area is 111 Å². The lowest BCUT2D eigenvalue weighted by Crippen LogP contribution is -2.03. The number of ether oxygens (including phenoxy) is 1. The zero-order valence-electron chi connectivity index (χ0n) is 10.3. The molecule has 0 aliphatic heterocycles. The van der Waals surface area contributed by atoms with Crippen molar-refractivity contribution in [2.24, 2.45) is 0 Å². The lowest BCUT2D eigenvalue weighted by Gasteiger charge is -2.08. The summed E-state index contributed by atoms with van der Waals surface area (Å²) in [6, 6.07) is 14.8. The predicted molar refractivity (Wildman–Crippen MR) is 74.6 cm³/mol. The lowest BCUT2D eigenvalue weighted by molar-refractivity contribution is 0.103. The van der Waals surface area contributed by atoms with Gasteiger partial charge in [-0.15, -0.1) is 11.8 Å². The molecule has 0 bridgehead atoms. The molecular weight excluding hydrogens is 244 g/mol. The Balaban J connectivity index is 2.42. The molecule has 18 heavy (non-hydrogen) atoms. The summed E-state index contributed by atoms with van der Waals surface area (Å²) in [6.07, 6.45) is 1.95. The lowest BCUT2D eigenvalue weighted by atomic mass is 10.0. The SMILES string of the molecule is COc1ccc(C(=O)c2ccccc2)c(SC)c1. The summed E-state index contributed by atoms with van der Waals surface area (Å²) < 4.78 is 5.17. The van der Waals surface area contributed by atoms with Gasteiger partial charge in [0.1, 0.15) is 5.75 Å². The first-order chi connectivity index (χ1) is 8.76. The third-order valence-electron chi connectivity index (χ3n) is 2.69. The summed E-state index contributed by atoms with van der Waals surface area (Å²) in [4.78, 5) is 13.3. The standard InChI is InChI=1S/C15H14O2S/c1-17-12-8-9-13(14(10-12)18-2)15(16)11-6-4-3-5-7-11/h3-10H,1-2H3. The molecule has 2 rings (SSSR count).